The van der Waals surface area contributed by atoms with Crippen LogP contribution < -0.4 is 0 Å². The molecular weight excluding hydrogens is 516 g/mol. The Bertz CT molecular complexity index is 1660. The van der Waals surface area contributed by atoms with Gasteiger partial charge >= 0.3 is 5.97 Å². The molecule has 1 aliphatic heterocycles. The monoisotopic (exact) mass is 546 g/mol. The first-order valence-corrected chi connectivity index (χ1v) is 14.5. The van der Waals surface area contributed by atoms with Crippen LogP contribution in [0.1, 0.15) is 64.5 Å². The van der Waals surface area contributed by atoms with E-state index in [2.05, 4.69) is 22.3 Å². The molecule has 0 spiro atoms. The van der Waals surface area contributed by atoms with E-state index in [0.29, 0.717) is 22.8 Å². The lowest BCUT2D eigenvalue weighted by Crippen LogP contribution is -2.33. The van der Waals surface area contributed by atoms with E-state index in [-0.39, 0.29) is 29.9 Å². The SMILES string of the molecule is CC[C@H]1Cc2ccccc2S(=O)(=O)N(Cc2cccc(-n3ncc(C(=O)O)c3[C@@H]3C[C@H]3c3cn(C)nn3)c2)C1. The van der Waals surface area contributed by atoms with Crippen molar-refractivity contribution in [1.29, 1.82) is 0 Å². The van der Waals surface area contributed by atoms with E-state index in [9.17, 15) is 18.3 Å². The molecule has 0 saturated heterocycles. The van der Waals surface area contributed by atoms with E-state index in [0.717, 1.165) is 36.1 Å². The maximum absolute atomic E-state index is 13.7. The largest absolute Gasteiger partial charge is 0.478 e. The van der Waals surface area contributed by atoms with Crippen LogP contribution in [-0.2, 0) is 30.0 Å². The normalized spacial score (nSPS) is 22.3. The first kappa shape index (κ1) is 25.4. The third kappa shape index (κ3) is 4.65. The summed E-state index contributed by atoms with van der Waals surface area (Å²) in [5.41, 5.74) is 3.99. The summed E-state index contributed by atoms with van der Waals surface area (Å²) in [6.45, 7) is 2.75. The van der Waals surface area contributed by atoms with Gasteiger partial charge in [0.15, 0.2) is 0 Å². The molecule has 1 fully saturated rings. The Hall–Kier alpha value is -3.83. The number of carboxylic acids is 1. The number of aromatic carboxylic acids is 1. The molecule has 2 aromatic heterocycles. The molecule has 1 saturated carbocycles. The van der Waals surface area contributed by atoms with Crippen LogP contribution in [0.25, 0.3) is 5.69 Å². The molecule has 2 aliphatic rings. The van der Waals surface area contributed by atoms with Gasteiger partial charge in [-0.15, -0.1) is 5.10 Å². The molecule has 6 rings (SSSR count). The quantitative estimate of drug-likeness (QED) is 0.375. The number of carbonyl (C=O) groups is 1. The molecule has 1 N–H and O–H groups in total. The number of nitrogens with zero attached hydrogens (tertiary/aromatic N) is 6. The highest BCUT2D eigenvalue weighted by molar-refractivity contribution is 7.89. The Balaban J connectivity index is 1.33. The molecule has 1 aliphatic carbocycles. The van der Waals surface area contributed by atoms with Gasteiger partial charge in [-0.25, -0.2) is 17.9 Å². The topological polar surface area (TPSA) is 123 Å². The van der Waals surface area contributed by atoms with Crippen molar-refractivity contribution in [2.75, 3.05) is 6.54 Å². The average molecular weight is 547 g/mol. The van der Waals surface area contributed by atoms with Crippen LogP contribution >= 0.6 is 0 Å². The first-order valence-electron chi connectivity index (χ1n) is 13.1. The lowest BCUT2D eigenvalue weighted by Gasteiger charge is -2.23. The Labute approximate surface area is 226 Å². The number of sulfonamides is 1. The van der Waals surface area contributed by atoms with Crippen LogP contribution in [0.15, 0.2) is 65.8 Å². The summed E-state index contributed by atoms with van der Waals surface area (Å²) in [5.74, 6) is -0.789. The molecule has 202 valence electrons. The number of carboxylic acid groups (broad SMARTS) is 1. The number of rotatable bonds is 7. The van der Waals surface area contributed by atoms with Crippen molar-refractivity contribution >= 4 is 16.0 Å². The molecule has 10 nitrogen and oxygen atoms in total. The summed E-state index contributed by atoms with van der Waals surface area (Å²) < 4.78 is 32.2. The third-order valence-electron chi connectivity index (χ3n) is 7.83. The number of hydrogen-bond donors (Lipinski definition) is 1. The standard InChI is InChI=1S/C28H30N6O4S/c1-3-18-11-20-8-4-5-10-26(20)39(37,38)33(15-18)16-19-7-6-9-21(12-19)34-27(24(14-29-34)28(35)36)23-13-22(23)25-17-32(2)31-30-25/h4-10,12,14,17-18,22-23H,3,11,13,15-16H2,1-2H3,(H,35,36)/t18-,22+,23+/m0/s1. The Kier molecular flexibility index (Phi) is 6.35. The smallest absolute Gasteiger partial charge is 0.339 e. The van der Waals surface area contributed by atoms with Gasteiger partial charge in [0.05, 0.1) is 28.2 Å². The molecule has 0 unspecified atom stereocenters. The summed E-state index contributed by atoms with van der Waals surface area (Å²) in [5, 5.41) is 22.6. The van der Waals surface area contributed by atoms with E-state index in [1.54, 1.807) is 32.8 Å². The minimum atomic E-state index is -3.67. The van der Waals surface area contributed by atoms with Gasteiger partial charge in [-0.3, -0.25) is 4.68 Å². The predicted octanol–water partition coefficient (Wildman–Crippen LogP) is 3.74. The van der Waals surface area contributed by atoms with Crippen LogP contribution in [0, 0.1) is 5.92 Å². The second-order valence-electron chi connectivity index (χ2n) is 10.5. The first-order chi connectivity index (χ1) is 18.8. The zero-order chi connectivity index (χ0) is 27.3. The number of aromatic nitrogens is 5. The summed E-state index contributed by atoms with van der Waals surface area (Å²) in [7, 11) is -1.87. The summed E-state index contributed by atoms with van der Waals surface area (Å²) in [4.78, 5) is 12.5. The van der Waals surface area contributed by atoms with Gasteiger partial charge in [0.2, 0.25) is 10.0 Å². The second kappa shape index (κ2) is 9.73. The van der Waals surface area contributed by atoms with E-state index in [1.807, 2.05) is 42.6 Å². The van der Waals surface area contributed by atoms with Crippen LogP contribution in [0.5, 0.6) is 0 Å². The third-order valence-corrected chi connectivity index (χ3v) is 9.74. The maximum Gasteiger partial charge on any atom is 0.339 e. The van der Waals surface area contributed by atoms with Crippen molar-refractivity contribution in [1.82, 2.24) is 29.1 Å². The molecule has 3 heterocycles. The van der Waals surface area contributed by atoms with E-state index >= 15 is 0 Å². The molecule has 0 radical (unpaired) electrons. The lowest BCUT2D eigenvalue weighted by molar-refractivity contribution is 0.0695. The van der Waals surface area contributed by atoms with Gasteiger partial charge in [0, 0.05) is 38.2 Å². The zero-order valence-corrected chi connectivity index (χ0v) is 22.6. The maximum atomic E-state index is 13.7. The van der Waals surface area contributed by atoms with Crippen LogP contribution in [0.3, 0.4) is 0 Å². The summed E-state index contributed by atoms with van der Waals surface area (Å²) in [6, 6.07) is 14.8. The van der Waals surface area contributed by atoms with Crippen LogP contribution in [-0.4, -0.2) is 55.1 Å². The summed E-state index contributed by atoms with van der Waals surface area (Å²) in [6.07, 6.45) is 5.61. The van der Waals surface area contributed by atoms with Crippen LogP contribution in [0.4, 0.5) is 0 Å². The predicted molar refractivity (Wildman–Crippen MR) is 143 cm³/mol. The fraction of sp³-hybridized carbons (Fsp3) is 0.357. The van der Waals surface area contributed by atoms with Gasteiger partial charge in [-0.05, 0) is 48.1 Å². The van der Waals surface area contributed by atoms with Gasteiger partial charge in [-0.2, -0.15) is 9.40 Å². The molecule has 4 aromatic rings. The van der Waals surface area contributed by atoms with Crippen molar-refractivity contribution in [2.45, 2.75) is 49.5 Å². The number of aryl methyl sites for hydroxylation is 1. The number of hydrogen-bond acceptors (Lipinski definition) is 6. The minimum absolute atomic E-state index is 0.0493. The fourth-order valence-corrected chi connectivity index (χ4v) is 7.42. The number of benzene rings is 2. The molecular formula is C28H30N6O4S. The fourth-order valence-electron chi connectivity index (χ4n) is 5.68. The molecule has 39 heavy (non-hydrogen) atoms. The van der Waals surface area contributed by atoms with E-state index in [4.69, 9.17) is 0 Å². The van der Waals surface area contributed by atoms with Crippen molar-refractivity contribution in [3.63, 3.8) is 0 Å². The van der Waals surface area contributed by atoms with Crippen molar-refractivity contribution in [3.05, 3.63) is 89.0 Å². The highest BCUT2D eigenvalue weighted by atomic mass is 32.2. The number of fused-ring (bicyclic) bond motifs is 1. The van der Waals surface area contributed by atoms with E-state index < -0.39 is 16.0 Å². The Morgan fingerprint density at radius 2 is 1.95 bits per heavy atom. The minimum Gasteiger partial charge on any atom is -0.478 e. The lowest BCUT2D eigenvalue weighted by atomic mass is 9.97. The molecule has 3 atom stereocenters. The highest BCUT2D eigenvalue weighted by Crippen LogP contribution is 2.55. The Morgan fingerprint density at radius 1 is 1.13 bits per heavy atom. The second-order valence-corrected chi connectivity index (χ2v) is 12.4. The summed E-state index contributed by atoms with van der Waals surface area (Å²) >= 11 is 0. The molecule has 2 aromatic carbocycles. The molecule has 11 heteroatoms. The van der Waals surface area contributed by atoms with Gasteiger partial charge < -0.3 is 5.11 Å². The van der Waals surface area contributed by atoms with Crippen molar-refractivity contribution in [2.24, 2.45) is 13.0 Å². The Morgan fingerprint density at radius 3 is 2.69 bits per heavy atom. The van der Waals surface area contributed by atoms with Crippen molar-refractivity contribution < 1.29 is 18.3 Å². The zero-order valence-electron chi connectivity index (χ0n) is 21.8. The average Bonchev–Trinajstić information content (AvgIpc) is 3.40. The highest BCUT2D eigenvalue weighted by Gasteiger charge is 2.46. The van der Waals surface area contributed by atoms with Gasteiger partial charge in [0.1, 0.15) is 5.56 Å². The van der Waals surface area contributed by atoms with Gasteiger partial charge in [0.25, 0.3) is 0 Å². The molecule has 0 amide bonds. The van der Waals surface area contributed by atoms with Gasteiger partial charge in [-0.1, -0.05) is 48.9 Å². The molecule has 0 bridgehead atoms. The van der Waals surface area contributed by atoms with Crippen LogP contribution in [0.2, 0.25) is 0 Å². The van der Waals surface area contributed by atoms with Crippen molar-refractivity contribution in [3.8, 4) is 5.69 Å². The van der Waals surface area contributed by atoms with E-state index in [1.165, 1.54) is 6.20 Å².